The monoisotopic (exact) mass is 145 g/mol. The molecule has 0 spiro atoms. The average molecular weight is 145 g/mol. The van der Waals surface area contributed by atoms with E-state index in [0.717, 1.165) is 13.1 Å². The summed E-state index contributed by atoms with van der Waals surface area (Å²) in [6.45, 7) is 6.95. The fraction of sp³-hybridized carbons (Fsp3) is 1.00. The molecule has 1 rings (SSSR count). The van der Waals surface area contributed by atoms with Crippen molar-refractivity contribution >= 4 is 12.8 Å². The van der Waals surface area contributed by atoms with Gasteiger partial charge in [0.25, 0.3) is 0 Å². The standard InChI is InChI=1S/C7H15NS/c1-7(2)3-5-8(9)6-4-7/h9H,3-6H2,1-2H3. The van der Waals surface area contributed by atoms with E-state index in [4.69, 9.17) is 0 Å². The van der Waals surface area contributed by atoms with Gasteiger partial charge in [-0.25, -0.2) is 0 Å². The second kappa shape index (κ2) is 2.51. The Hall–Kier alpha value is 0.310. The minimum atomic E-state index is 0.569. The highest BCUT2D eigenvalue weighted by Crippen LogP contribution is 2.29. The third-order valence-electron chi connectivity index (χ3n) is 2.09. The second-order valence-corrected chi connectivity index (χ2v) is 4.18. The molecular weight excluding hydrogens is 130 g/mol. The largest absolute Gasteiger partial charge is 0.253 e. The van der Waals surface area contributed by atoms with Crippen molar-refractivity contribution in [2.24, 2.45) is 5.41 Å². The van der Waals surface area contributed by atoms with E-state index in [1.54, 1.807) is 0 Å². The first-order valence-electron chi connectivity index (χ1n) is 3.54. The first kappa shape index (κ1) is 7.42. The average Bonchev–Trinajstić information content (AvgIpc) is 1.78. The molecular formula is C7H15NS. The van der Waals surface area contributed by atoms with Crippen molar-refractivity contribution < 1.29 is 0 Å². The molecule has 0 aliphatic carbocycles. The van der Waals surface area contributed by atoms with Crippen LogP contribution in [0.4, 0.5) is 0 Å². The summed E-state index contributed by atoms with van der Waals surface area (Å²) < 4.78 is 2.10. The molecule has 0 aromatic heterocycles. The Morgan fingerprint density at radius 1 is 1.22 bits per heavy atom. The molecule has 0 atom stereocenters. The quantitative estimate of drug-likeness (QED) is 0.510. The topological polar surface area (TPSA) is 3.24 Å². The molecule has 0 aromatic rings. The van der Waals surface area contributed by atoms with Crippen LogP contribution in [0, 0.1) is 5.41 Å². The number of rotatable bonds is 0. The molecule has 0 radical (unpaired) electrons. The number of thiol groups is 1. The van der Waals surface area contributed by atoms with Crippen LogP contribution in [0.2, 0.25) is 0 Å². The van der Waals surface area contributed by atoms with Crippen molar-refractivity contribution in [1.29, 1.82) is 0 Å². The van der Waals surface area contributed by atoms with Gasteiger partial charge in [-0.15, -0.1) is 0 Å². The van der Waals surface area contributed by atoms with Crippen molar-refractivity contribution in [3.8, 4) is 0 Å². The zero-order valence-electron chi connectivity index (χ0n) is 6.22. The molecule has 0 saturated carbocycles. The molecule has 0 aromatic carbocycles. The van der Waals surface area contributed by atoms with Gasteiger partial charge in [0.05, 0.1) is 0 Å². The summed E-state index contributed by atoms with van der Waals surface area (Å²) in [5, 5.41) is 0. The maximum absolute atomic E-state index is 4.27. The van der Waals surface area contributed by atoms with Gasteiger partial charge < -0.3 is 0 Å². The van der Waals surface area contributed by atoms with Gasteiger partial charge in [-0.1, -0.05) is 26.7 Å². The van der Waals surface area contributed by atoms with Crippen molar-refractivity contribution in [1.82, 2.24) is 4.31 Å². The lowest BCUT2D eigenvalue weighted by Gasteiger charge is -2.33. The van der Waals surface area contributed by atoms with Gasteiger partial charge in [0.15, 0.2) is 0 Å². The predicted molar refractivity (Wildman–Crippen MR) is 43.6 cm³/mol. The molecule has 1 aliphatic rings. The summed E-state index contributed by atoms with van der Waals surface area (Å²) in [7, 11) is 0. The zero-order valence-corrected chi connectivity index (χ0v) is 7.12. The third kappa shape index (κ3) is 2.18. The Bertz CT molecular complexity index is 91.1. The molecule has 9 heavy (non-hydrogen) atoms. The van der Waals surface area contributed by atoms with E-state index in [1.165, 1.54) is 12.8 Å². The normalized spacial score (nSPS) is 28.3. The van der Waals surface area contributed by atoms with E-state index in [-0.39, 0.29) is 0 Å². The van der Waals surface area contributed by atoms with Crippen LogP contribution in [0.15, 0.2) is 0 Å². The highest BCUT2D eigenvalue weighted by molar-refractivity contribution is 7.77. The maximum Gasteiger partial charge on any atom is 0.00920 e. The van der Waals surface area contributed by atoms with Crippen LogP contribution in [0.3, 0.4) is 0 Å². The molecule has 0 amide bonds. The number of nitrogens with zero attached hydrogens (tertiary/aromatic N) is 1. The van der Waals surface area contributed by atoms with Gasteiger partial charge in [0.2, 0.25) is 0 Å². The summed E-state index contributed by atoms with van der Waals surface area (Å²) in [6.07, 6.45) is 2.58. The molecule has 1 fully saturated rings. The highest BCUT2D eigenvalue weighted by Gasteiger charge is 2.23. The Labute approximate surface area is 63.0 Å². The fourth-order valence-corrected chi connectivity index (χ4v) is 1.30. The van der Waals surface area contributed by atoms with Gasteiger partial charge in [-0.2, -0.15) is 0 Å². The molecule has 0 bridgehead atoms. The predicted octanol–water partition coefficient (Wildman–Crippen LogP) is 1.95. The minimum absolute atomic E-state index is 0.569. The van der Waals surface area contributed by atoms with Crippen LogP contribution < -0.4 is 0 Å². The number of piperidine rings is 1. The van der Waals surface area contributed by atoms with Crippen LogP contribution in [0.1, 0.15) is 26.7 Å². The maximum atomic E-state index is 4.27. The Morgan fingerprint density at radius 2 is 1.67 bits per heavy atom. The van der Waals surface area contributed by atoms with E-state index in [1.807, 2.05) is 0 Å². The number of hydrogen-bond acceptors (Lipinski definition) is 2. The second-order valence-electron chi connectivity index (χ2n) is 3.62. The van der Waals surface area contributed by atoms with Crippen molar-refractivity contribution in [2.45, 2.75) is 26.7 Å². The minimum Gasteiger partial charge on any atom is -0.253 e. The van der Waals surface area contributed by atoms with Crippen molar-refractivity contribution in [3.05, 3.63) is 0 Å². The molecule has 1 aliphatic heterocycles. The summed E-state index contributed by atoms with van der Waals surface area (Å²) in [5.41, 5.74) is 0.569. The Kier molecular flexibility index (Phi) is 2.07. The first-order chi connectivity index (χ1) is 4.10. The molecule has 0 N–H and O–H groups in total. The zero-order chi connectivity index (χ0) is 6.91. The van der Waals surface area contributed by atoms with E-state index in [2.05, 4.69) is 31.0 Å². The summed E-state index contributed by atoms with van der Waals surface area (Å²) >= 11 is 4.27. The smallest absolute Gasteiger partial charge is 0.00920 e. The van der Waals surface area contributed by atoms with Crippen LogP contribution in [-0.4, -0.2) is 17.4 Å². The summed E-state index contributed by atoms with van der Waals surface area (Å²) in [6, 6.07) is 0. The highest BCUT2D eigenvalue weighted by atomic mass is 32.1. The molecule has 2 heteroatoms. The molecule has 1 heterocycles. The third-order valence-corrected chi connectivity index (χ3v) is 2.49. The molecule has 0 unspecified atom stereocenters. The lowest BCUT2D eigenvalue weighted by atomic mass is 9.83. The lowest BCUT2D eigenvalue weighted by molar-refractivity contribution is 0.207. The Balaban J connectivity index is 2.35. The van der Waals surface area contributed by atoms with Crippen LogP contribution in [-0.2, 0) is 0 Å². The van der Waals surface area contributed by atoms with Gasteiger partial charge in [0, 0.05) is 13.1 Å². The van der Waals surface area contributed by atoms with Gasteiger partial charge >= 0.3 is 0 Å². The van der Waals surface area contributed by atoms with Crippen LogP contribution >= 0.6 is 12.8 Å². The van der Waals surface area contributed by atoms with Gasteiger partial charge in [-0.05, 0) is 18.3 Å². The summed E-state index contributed by atoms with van der Waals surface area (Å²) in [4.78, 5) is 0. The van der Waals surface area contributed by atoms with E-state index in [9.17, 15) is 0 Å². The lowest BCUT2D eigenvalue weighted by Crippen LogP contribution is -2.31. The van der Waals surface area contributed by atoms with Gasteiger partial charge in [0.1, 0.15) is 0 Å². The SMILES string of the molecule is CC1(C)CCN(S)CC1. The Morgan fingerprint density at radius 3 is 2.00 bits per heavy atom. The first-order valence-corrected chi connectivity index (χ1v) is 3.94. The fourth-order valence-electron chi connectivity index (χ4n) is 1.10. The summed E-state index contributed by atoms with van der Waals surface area (Å²) in [5.74, 6) is 0. The van der Waals surface area contributed by atoms with E-state index in [0.29, 0.717) is 5.41 Å². The van der Waals surface area contributed by atoms with Crippen LogP contribution in [0.5, 0.6) is 0 Å². The van der Waals surface area contributed by atoms with Gasteiger partial charge in [-0.3, -0.25) is 4.31 Å². The van der Waals surface area contributed by atoms with E-state index < -0.39 is 0 Å². The molecule has 54 valence electrons. The van der Waals surface area contributed by atoms with Crippen molar-refractivity contribution in [2.75, 3.05) is 13.1 Å². The molecule has 1 saturated heterocycles. The van der Waals surface area contributed by atoms with Crippen molar-refractivity contribution in [3.63, 3.8) is 0 Å². The van der Waals surface area contributed by atoms with Crippen LogP contribution in [0.25, 0.3) is 0 Å². The van der Waals surface area contributed by atoms with E-state index >= 15 is 0 Å². The number of hydrogen-bond donors (Lipinski definition) is 1. The molecule has 1 nitrogen and oxygen atoms in total.